The van der Waals surface area contributed by atoms with Crippen LogP contribution in [0.4, 0.5) is 4.39 Å². The molecule has 3 N–H and O–H groups in total. The zero-order chi connectivity index (χ0) is 13.7. The van der Waals surface area contributed by atoms with Crippen LogP contribution >= 0.6 is 0 Å². The summed E-state index contributed by atoms with van der Waals surface area (Å²) in [6.07, 6.45) is 0.346. The molecule has 5 nitrogen and oxygen atoms in total. The van der Waals surface area contributed by atoms with Crippen LogP contribution < -0.4 is 5.32 Å². The number of carboxylic acid groups (broad SMARTS) is 1. The molecule has 0 aromatic heterocycles. The van der Waals surface area contributed by atoms with E-state index in [2.05, 4.69) is 5.32 Å². The second-order valence-corrected chi connectivity index (χ2v) is 3.79. The fourth-order valence-electron chi connectivity index (χ4n) is 1.45. The van der Waals surface area contributed by atoms with E-state index in [1.165, 1.54) is 12.1 Å². The Morgan fingerprint density at radius 1 is 1.44 bits per heavy atom. The molecule has 1 atom stereocenters. The molecule has 0 bridgehead atoms. The van der Waals surface area contributed by atoms with Gasteiger partial charge in [-0.1, -0.05) is 13.0 Å². The fourth-order valence-corrected chi connectivity index (χ4v) is 1.45. The molecule has 1 amide bonds. The molecular weight excluding hydrogens is 241 g/mol. The van der Waals surface area contributed by atoms with E-state index in [4.69, 9.17) is 5.11 Å². The molecule has 0 aliphatic rings. The minimum atomic E-state index is -1.03. The van der Waals surface area contributed by atoms with Gasteiger partial charge in [0.1, 0.15) is 17.1 Å². The Morgan fingerprint density at radius 2 is 2.11 bits per heavy atom. The molecule has 1 aromatic carbocycles. The summed E-state index contributed by atoms with van der Waals surface area (Å²) in [4.78, 5) is 22.4. The highest BCUT2D eigenvalue weighted by Crippen LogP contribution is 2.19. The third-order valence-electron chi connectivity index (χ3n) is 2.57. The topological polar surface area (TPSA) is 86.6 Å². The van der Waals surface area contributed by atoms with Crippen molar-refractivity contribution in [3.63, 3.8) is 0 Å². The average Bonchev–Trinajstić information content (AvgIpc) is 2.29. The Hall–Kier alpha value is -2.11. The van der Waals surface area contributed by atoms with Gasteiger partial charge in [-0.3, -0.25) is 9.59 Å². The molecule has 0 aliphatic carbocycles. The lowest BCUT2D eigenvalue weighted by Crippen LogP contribution is -2.33. The highest BCUT2D eigenvalue weighted by molar-refractivity contribution is 5.97. The molecule has 1 unspecified atom stereocenters. The summed E-state index contributed by atoms with van der Waals surface area (Å²) in [5.41, 5.74) is -0.474. The van der Waals surface area contributed by atoms with Crippen LogP contribution in [0.25, 0.3) is 0 Å². The maximum absolute atomic E-state index is 13.3. The van der Waals surface area contributed by atoms with Crippen LogP contribution in [-0.2, 0) is 4.79 Å². The number of hydrogen-bond acceptors (Lipinski definition) is 3. The SMILES string of the molecule is CCC(CNC(=O)c1c(O)cccc1F)C(=O)O. The number of carbonyl (C=O) groups is 2. The van der Waals surface area contributed by atoms with Crippen molar-refractivity contribution in [3.05, 3.63) is 29.6 Å². The largest absolute Gasteiger partial charge is 0.507 e. The number of phenols is 1. The molecule has 0 heterocycles. The number of phenolic OH excluding ortho intramolecular Hbond substituents is 1. The summed E-state index contributed by atoms with van der Waals surface area (Å²) in [6.45, 7) is 1.56. The minimum Gasteiger partial charge on any atom is -0.507 e. The van der Waals surface area contributed by atoms with Gasteiger partial charge in [0.25, 0.3) is 5.91 Å². The first-order valence-corrected chi connectivity index (χ1v) is 5.45. The number of aliphatic carboxylic acids is 1. The number of halogens is 1. The van der Waals surface area contributed by atoms with Gasteiger partial charge < -0.3 is 15.5 Å². The molecule has 0 spiro atoms. The maximum Gasteiger partial charge on any atom is 0.308 e. The van der Waals surface area contributed by atoms with Crippen molar-refractivity contribution in [2.45, 2.75) is 13.3 Å². The van der Waals surface area contributed by atoms with Crippen LogP contribution in [0.3, 0.4) is 0 Å². The molecule has 0 saturated heterocycles. The van der Waals surface area contributed by atoms with Gasteiger partial charge in [-0.15, -0.1) is 0 Å². The maximum atomic E-state index is 13.3. The van der Waals surface area contributed by atoms with Crippen LogP contribution in [0.1, 0.15) is 23.7 Å². The van der Waals surface area contributed by atoms with Crippen LogP contribution in [0.15, 0.2) is 18.2 Å². The van der Waals surface area contributed by atoms with E-state index in [9.17, 15) is 19.1 Å². The number of nitrogens with one attached hydrogen (secondary N) is 1. The first-order chi connectivity index (χ1) is 8.47. The quantitative estimate of drug-likeness (QED) is 0.741. The molecule has 1 aromatic rings. The van der Waals surface area contributed by atoms with Crippen molar-refractivity contribution in [2.75, 3.05) is 6.54 Å². The number of hydrogen-bond donors (Lipinski definition) is 3. The van der Waals surface area contributed by atoms with Gasteiger partial charge in [0, 0.05) is 6.54 Å². The van der Waals surface area contributed by atoms with Gasteiger partial charge in [0.05, 0.1) is 5.92 Å². The van der Waals surface area contributed by atoms with Crippen molar-refractivity contribution in [1.29, 1.82) is 0 Å². The van der Waals surface area contributed by atoms with Crippen LogP contribution in [0, 0.1) is 11.7 Å². The second-order valence-electron chi connectivity index (χ2n) is 3.79. The smallest absolute Gasteiger partial charge is 0.308 e. The molecule has 0 saturated carbocycles. The Labute approximate surface area is 103 Å². The van der Waals surface area contributed by atoms with Crippen molar-refractivity contribution in [3.8, 4) is 5.75 Å². The summed E-state index contributed by atoms with van der Waals surface area (Å²) in [6, 6.07) is 3.50. The van der Waals surface area contributed by atoms with Crippen LogP contribution in [-0.4, -0.2) is 28.6 Å². The van der Waals surface area contributed by atoms with E-state index in [-0.39, 0.29) is 6.54 Å². The van der Waals surface area contributed by atoms with Crippen LogP contribution in [0.5, 0.6) is 5.75 Å². The monoisotopic (exact) mass is 255 g/mol. The number of aromatic hydroxyl groups is 1. The van der Waals surface area contributed by atoms with Crippen molar-refractivity contribution in [2.24, 2.45) is 5.92 Å². The van der Waals surface area contributed by atoms with Gasteiger partial charge in [-0.2, -0.15) is 0 Å². The summed E-state index contributed by atoms with van der Waals surface area (Å²) in [5, 5.41) is 20.5. The Morgan fingerprint density at radius 3 is 2.61 bits per heavy atom. The van der Waals surface area contributed by atoms with Crippen LogP contribution in [0.2, 0.25) is 0 Å². The summed E-state index contributed by atoms with van der Waals surface area (Å²) in [5.74, 6) is -3.92. The Bertz CT molecular complexity index is 441. The van der Waals surface area contributed by atoms with E-state index < -0.39 is 34.9 Å². The third-order valence-corrected chi connectivity index (χ3v) is 2.57. The molecular formula is C12H14FNO4. The molecule has 98 valence electrons. The van der Waals surface area contributed by atoms with Crippen molar-refractivity contribution < 1.29 is 24.2 Å². The molecule has 0 fully saturated rings. The minimum absolute atomic E-state index is 0.113. The molecule has 6 heteroatoms. The Kier molecular flexibility index (Phi) is 4.65. The first kappa shape index (κ1) is 14.0. The standard InChI is InChI=1S/C12H14FNO4/c1-2-7(12(17)18)6-14-11(16)10-8(13)4-3-5-9(10)15/h3-5,7,15H,2,6H2,1H3,(H,14,16)(H,17,18). The van der Waals surface area contributed by atoms with E-state index in [1.807, 2.05) is 0 Å². The molecule has 1 rings (SSSR count). The van der Waals surface area contributed by atoms with Gasteiger partial charge in [-0.25, -0.2) is 4.39 Å². The van der Waals surface area contributed by atoms with Crippen molar-refractivity contribution in [1.82, 2.24) is 5.32 Å². The van der Waals surface area contributed by atoms with E-state index in [0.717, 1.165) is 6.07 Å². The normalized spacial score (nSPS) is 11.9. The zero-order valence-corrected chi connectivity index (χ0v) is 9.81. The second kappa shape index (κ2) is 6.00. The molecule has 0 aliphatic heterocycles. The van der Waals surface area contributed by atoms with E-state index in [1.54, 1.807) is 6.92 Å². The highest BCUT2D eigenvalue weighted by Gasteiger charge is 2.20. The summed E-state index contributed by atoms with van der Waals surface area (Å²) >= 11 is 0. The van der Waals surface area contributed by atoms with E-state index in [0.29, 0.717) is 6.42 Å². The lowest BCUT2D eigenvalue weighted by Gasteiger charge is -2.12. The third kappa shape index (κ3) is 3.19. The van der Waals surface area contributed by atoms with Gasteiger partial charge in [0.2, 0.25) is 0 Å². The number of rotatable bonds is 5. The highest BCUT2D eigenvalue weighted by atomic mass is 19.1. The summed E-state index contributed by atoms with van der Waals surface area (Å²) < 4.78 is 13.3. The lowest BCUT2D eigenvalue weighted by molar-refractivity contribution is -0.141. The predicted octanol–water partition coefficient (Wildman–Crippen LogP) is 1.37. The van der Waals surface area contributed by atoms with Crippen molar-refractivity contribution >= 4 is 11.9 Å². The number of carboxylic acids is 1. The van der Waals surface area contributed by atoms with Gasteiger partial charge in [-0.05, 0) is 18.6 Å². The molecule has 0 radical (unpaired) electrons. The number of amides is 1. The lowest BCUT2D eigenvalue weighted by atomic mass is 10.1. The van der Waals surface area contributed by atoms with E-state index >= 15 is 0 Å². The zero-order valence-electron chi connectivity index (χ0n) is 9.81. The number of benzene rings is 1. The predicted molar refractivity (Wildman–Crippen MR) is 61.8 cm³/mol. The molecule has 18 heavy (non-hydrogen) atoms. The van der Waals surface area contributed by atoms with Gasteiger partial charge in [0.15, 0.2) is 0 Å². The fraction of sp³-hybridized carbons (Fsp3) is 0.333. The Balaban J connectivity index is 2.74. The summed E-state index contributed by atoms with van der Waals surface area (Å²) in [7, 11) is 0. The first-order valence-electron chi connectivity index (χ1n) is 5.45. The van der Waals surface area contributed by atoms with Gasteiger partial charge >= 0.3 is 5.97 Å². The number of carbonyl (C=O) groups excluding carboxylic acids is 1. The average molecular weight is 255 g/mol.